The van der Waals surface area contributed by atoms with E-state index in [1.807, 2.05) is 54.6 Å². The molecule has 0 aliphatic rings. The van der Waals surface area contributed by atoms with Crippen molar-refractivity contribution in [2.45, 2.75) is 13.0 Å². The van der Waals surface area contributed by atoms with Gasteiger partial charge in [-0.25, -0.2) is 0 Å². The predicted molar refractivity (Wildman–Crippen MR) is 96.1 cm³/mol. The Balaban J connectivity index is 1.60. The number of benzene rings is 2. The van der Waals surface area contributed by atoms with E-state index in [0.717, 1.165) is 11.1 Å². The lowest BCUT2D eigenvalue weighted by molar-refractivity contribution is -0.117. The van der Waals surface area contributed by atoms with E-state index < -0.39 is 6.04 Å². The molecule has 0 saturated carbocycles. The standard InChI is InChI=1S/C20H18N2O3/c1-14(21-20(24)17-11-12-25-13-17)19(23)22-18-9-7-16(8-10-18)15-5-3-2-4-6-15/h2-14H,1H3,(H,21,24)(H,22,23)/t14-/m0/s1. The fourth-order valence-electron chi connectivity index (χ4n) is 2.37. The first-order chi connectivity index (χ1) is 12.1. The summed E-state index contributed by atoms with van der Waals surface area (Å²) in [7, 11) is 0. The molecule has 2 N–H and O–H groups in total. The number of anilines is 1. The molecule has 0 fully saturated rings. The number of carbonyl (C=O) groups is 2. The summed E-state index contributed by atoms with van der Waals surface area (Å²) in [6.07, 6.45) is 2.75. The molecule has 1 aromatic heterocycles. The van der Waals surface area contributed by atoms with E-state index in [2.05, 4.69) is 10.6 Å². The number of hydrogen-bond donors (Lipinski definition) is 2. The zero-order chi connectivity index (χ0) is 17.6. The van der Waals surface area contributed by atoms with Gasteiger partial charge >= 0.3 is 0 Å². The molecule has 3 aromatic rings. The minimum absolute atomic E-state index is 0.288. The van der Waals surface area contributed by atoms with Crippen LogP contribution in [0.5, 0.6) is 0 Å². The smallest absolute Gasteiger partial charge is 0.255 e. The Hall–Kier alpha value is -3.34. The van der Waals surface area contributed by atoms with Gasteiger partial charge in [-0.1, -0.05) is 42.5 Å². The van der Waals surface area contributed by atoms with Gasteiger partial charge in [-0.05, 0) is 36.2 Å². The van der Waals surface area contributed by atoms with Crippen molar-refractivity contribution in [3.63, 3.8) is 0 Å². The normalized spacial score (nSPS) is 11.6. The number of furan rings is 1. The van der Waals surface area contributed by atoms with Gasteiger partial charge in [0.05, 0.1) is 11.8 Å². The third kappa shape index (κ3) is 4.14. The highest BCUT2D eigenvalue weighted by Gasteiger charge is 2.17. The lowest BCUT2D eigenvalue weighted by atomic mass is 10.1. The molecule has 0 aliphatic carbocycles. The van der Waals surface area contributed by atoms with Crippen molar-refractivity contribution in [2.75, 3.05) is 5.32 Å². The van der Waals surface area contributed by atoms with Crippen LogP contribution in [0.2, 0.25) is 0 Å². The third-order valence-corrected chi connectivity index (χ3v) is 3.78. The maximum Gasteiger partial charge on any atom is 0.255 e. The average Bonchev–Trinajstić information content (AvgIpc) is 3.18. The van der Waals surface area contributed by atoms with Crippen molar-refractivity contribution < 1.29 is 14.0 Å². The van der Waals surface area contributed by atoms with E-state index in [9.17, 15) is 9.59 Å². The molecule has 0 unspecified atom stereocenters. The Morgan fingerprint density at radius 1 is 0.920 bits per heavy atom. The highest BCUT2D eigenvalue weighted by atomic mass is 16.3. The monoisotopic (exact) mass is 334 g/mol. The molecular formula is C20H18N2O3. The van der Waals surface area contributed by atoms with Crippen LogP contribution in [0.1, 0.15) is 17.3 Å². The van der Waals surface area contributed by atoms with E-state index >= 15 is 0 Å². The van der Waals surface area contributed by atoms with Gasteiger partial charge in [0.15, 0.2) is 0 Å². The van der Waals surface area contributed by atoms with Crippen LogP contribution >= 0.6 is 0 Å². The van der Waals surface area contributed by atoms with Crippen LogP contribution in [0, 0.1) is 0 Å². The van der Waals surface area contributed by atoms with Gasteiger partial charge < -0.3 is 15.1 Å². The van der Waals surface area contributed by atoms with Gasteiger partial charge in [0.25, 0.3) is 5.91 Å². The Bertz CT molecular complexity index is 840. The van der Waals surface area contributed by atoms with E-state index in [1.165, 1.54) is 12.5 Å². The second-order valence-corrected chi connectivity index (χ2v) is 5.64. The van der Waals surface area contributed by atoms with Crippen LogP contribution in [0.25, 0.3) is 11.1 Å². The Morgan fingerprint density at radius 3 is 2.24 bits per heavy atom. The van der Waals surface area contributed by atoms with Crippen molar-refractivity contribution in [1.82, 2.24) is 5.32 Å². The number of nitrogens with one attached hydrogen (secondary N) is 2. The minimum atomic E-state index is -0.670. The molecule has 5 nitrogen and oxygen atoms in total. The largest absolute Gasteiger partial charge is 0.472 e. The van der Waals surface area contributed by atoms with E-state index in [4.69, 9.17) is 4.42 Å². The zero-order valence-corrected chi connectivity index (χ0v) is 13.7. The first kappa shape index (κ1) is 16.5. The molecule has 5 heteroatoms. The van der Waals surface area contributed by atoms with Gasteiger partial charge in [0.1, 0.15) is 12.3 Å². The summed E-state index contributed by atoms with van der Waals surface area (Å²) in [6.45, 7) is 1.63. The summed E-state index contributed by atoms with van der Waals surface area (Å²) in [5.41, 5.74) is 3.24. The summed E-state index contributed by atoms with van der Waals surface area (Å²) in [5.74, 6) is -0.639. The number of carbonyl (C=O) groups excluding carboxylic acids is 2. The molecule has 0 saturated heterocycles. The SMILES string of the molecule is C[C@H](NC(=O)c1ccoc1)C(=O)Nc1ccc(-c2ccccc2)cc1. The lowest BCUT2D eigenvalue weighted by Gasteiger charge is -2.14. The number of amides is 2. The highest BCUT2D eigenvalue weighted by Crippen LogP contribution is 2.21. The van der Waals surface area contributed by atoms with Crippen LogP contribution in [0.3, 0.4) is 0 Å². The van der Waals surface area contributed by atoms with Gasteiger partial charge in [-0.2, -0.15) is 0 Å². The molecule has 0 bridgehead atoms. The van der Waals surface area contributed by atoms with Gasteiger partial charge in [-0.3, -0.25) is 9.59 Å². The topological polar surface area (TPSA) is 71.3 Å². The summed E-state index contributed by atoms with van der Waals surface area (Å²) in [6, 6.07) is 18.4. The zero-order valence-electron chi connectivity index (χ0n) is 13.7. The molecule has 25 heavy (non-hydrogen) atoms. The van der Waals surface area contributed by atoms with E-state index in [-0.39, 0.29) is 11.8 Å². The minimum Gasteiger partial charge on any atom is -0.472 e. The average molecular weight is 334 g/mol. The van der Waals surface area contributed by atoms with Crippen LogP contribution in [-0.2, 0) is 4.79 Å². The first-order valence-electron chi connectivity index (χ1n) is 7.93. The van der Waals surface area contributed by atoms with E-state index in [1.54, 1.807) is 13.0 Å². The third-order valence-electron chi connectivity index (χ3n) is 3.78. The van der Waals surface area contributed by atoms with Crippen molar-refractivity contribution in [2.24, 2.45) is 0 Å². The molecule has 0 radical (unpaired) electrons. The Kier molecular flexibility index (Phi) is 4.95. The number of rotatable bonds is 5. The molecule has 1 heterocycles. The Labute approximate surface area is 145 Å². The highest BCUT2D eigenvalue weighted by molar-refractivity contribution is 6.00. The van der Waals surface area contributed by atoms with Gasteiger partial charge in [0, 0.05) is 5.69 Å². The summed E-state index contributed by atoms with van der Waals surface area (Å²) < 4.78 is 4.86. The fourth-order valence-corrected chi connectivity index (χ4v) is 2.37. The summed E-state index contributed by atoms with van der Waals surface area (Å²) >= 11 is 0. The van der Waals surface area contributed by atoms with Crippen LogP contribution in [0.4, 0.5) is 5.69 Å². The molecule has 0 aliphatic heterocycles. The van der Waals surface area contributed by atoms with Crippen LogP contribution < -0.4 is 10.6 Å². The molecule has 126 valence electrons. The van der Waals surface area contributed by atoms with E-state index in [0.29, 0.717) is 11.3 Å². The molecular weight excluding hydrogens is 316 g/mol. The Morgan fingerprint density at radius 2 is 1.60 bits per heavy atom. The second-order valence-electron chi connectivity index (χ2n) is 5.64. The van der Waals surface area contributed by atoms with Crippen molar-refractivity contribution >= 4 is 17.5 Å². The summed E-state index contributed by atoms with van der Waals surface area (Å²) in [4.78, 5) is 24.1. The predicted octanol–water partition coefficient (Wildman–Crippen LogP) is 3.70. The molecule has 1 atom stereocenters. The van der Waals surface area contributed by atoms with Gasteiger partial charge in [-0.15, -0.1) is 0 Å². The molecule has 0 spiro atoms. The van der Waals surface area contributed by atoms with Crippen LogP contribution in [0.15, 0.2) is 77.6 Å². The van der Waals surface area contributed by atoms with Gasteiger partial charge in [0.2, 0.25) is 5.91 Å². The van der Waals surface area contributed by atoms with Crippen molar-refractivity contribution in [3.05, 3.63) is 78.8 Å². The first-order valence-corrected chi connectivity index (χ1v) is 7.93. The van der Waals surface area contributed by atoms with Crippen molar-refractivity contribution in [1.29, 1.82) is 0 Å². The molecule has 2 aromatic carbocycles. The second kappa shape index (κ2) is 7.49. The molecule has 2 amide bonds. The maximum atomic E-state index is 12.2. The summed E-state index contributed by atoms with van der Waals surface area (Å²) in [5, 5.41) is 5.42. The molecule has 3 rings (SSSR count). The number of hydrogen-bond acceptors (Lipinski definition) is 3. The lowest BCUT2D eigenvalue weighted by Crippen LogP contribution is -2.41. The maximum absolute atomic E-state index is 12.2. The van der Waals surface area contributed by atoms with Crippen LogP contribution in [-0.4, -0.2) is 17.9 Å². The quantitative estimate of drug-likeness (QED) is 0.747. The fraction of sp³-hybridized carbons (Fsp3) is 0.100. The van der Waals surface area contributed by atoms with Crippen molar-refractivity contribution in [3.8, 4) is 11.1 Å².